The zero-order valence-corrected chi connectivity index (χ0v) is 30.4. The van der Waals surface area contributed by atoms with Gasteiger partial charge in [0, 0.05) is 69.0 Å². The van der Waals surface area contributed by atoms with Gasteiger partial charge in [0.15, 0.2) is 5.65 Å². The first-order chi connectivity index (χ1) is 25.7. The fourth-order valence-electron chi connectivity index (χ4n) is 7.97. The average Bonchev–Trinajstić information content (AvgIpc) is 3.89. The Kier molecular flexibility index (Phi) is 10.8. The molecular formula is C38H48N10O5. The summed E-state index contributed by atoms with van der Waals surface area (Å²) in [5, 5.41) is 17.2. The van der Waals surface area contributed by atoms with Crippen molar-refractivity contribution in [3.05, 3.63) is 59.4 Å². The molecule has 280 valence electrons. The number of aromatic nitrogens is 3. The Hall–Kier alpha value is -5.15. The minimum absolute atomic E-state index is 0.0794. The van der Waals surface area contributed by atoms with Gasteiger partial charge in [-0.25, -0.2) is 4.98 Å². The maximum Gasteiger partial charge on any atom is 0.264 e. The van der Waals surface area contributed by atoms with E-state index in [1.807, 2.05) is 22.4 Å². The number of nitrogens with one attached hydrogen (secondary N) is 4. The van der Waals surface area contributed by atoms with Crippen molar-refractivity contribution in [2.75, 3.05) is 56.4 Å². The van der Waals surface area contributed by atoms with Crippen LogP contribution in [0.1, 0.15) is 85.2 Å². The number of hydrogen-bond acceptors (Lipinski definition) is 11. The van der Waals surface area contributed by atoms with E-state index in [9.17, 15) is 24.0 Å². The van der Waals surface area contributed by atoms with E-state index in [4.69, 9.17) is 4.98 Å². The molecule has 3 fully saturated rings. The SMILES string of the molecule is C/C=C(\CC)c1cc(N[C@H]2CC[C@H](NCC(=O)N3CCN(CCCNc4cccc5c4C(=O)N(C4CCC(=O)NC4=O)C5=O)CC3)C2)n2nccc2n1. The number of anilines is 2. The van der Waals surface area contributed by atoms with Gasteiger partial charge in [0.05, 0.1) is 29.6 Å². The van der Waals surface area contributed by atoms with E-state index >= 15 is 0 Å². The second-order valence-electron chi connectivity index (χ2n) is 14.2. The van der Waals surface area contributed by atoms with Crippen LogP contribution in [0, 0.1) is 0 Å². The Bertz CT molecular complexity index is 1930. The first kappa shape index (κ1) is 36.2. The number of amides is 5. The number of carbonyl (C=O) groups is 5. The minimum Gasteiger partial charge on any atom is -0.384 e. The van der Waals surface area contributed by atoms with Gasteiger partial charge >= 0.3 is 0 Å². The van der Waals surface area contributed by atoms with Crippen LogP contribution in [-0.2, 0) is 14.4 Å². The summed E-state index contributed by atoms with van der Waals surface area (Å²) in [6, 6.07) is 8.63. The number of piperidine rings is 1. The third-order valence-corrected chi connectivity index (χ3v) is 10.9. The average molecular weight is 725 g/mol. The molecule has 1 aliphatic carbocycles. The number of rotatable bonds is 13. The summed E-state index contributed by atoms with van der Waals surface area (Å²) < 4.78 is 1.85. The summed E-state index contributed by atoms with van der Waals surface area (Å²) in [5.74, 6) is -0.999. The number of allylic oxidation sites excluding steroid dienone is 2. The highest BCUT2D eigenvalue weighted by molar-refractivity contribution is 6.25. The van der Waals surface area contributed by atoms with Gasteiger partial charge in [-0.1, -0.05) is 19.1 Å². The van der Waals surface area contributed by atoms with E-state index in [0.29, 0.717) is 31.9 Å². The van der Waals surface area contributed by atoms with Crippen molar-refractivity contribution in [1.29, 1.82) is 0 Å². The van der Waals surface area contributed by atoms with Crippen molar-refractivity contribution in [1.82, 2.24) is 39.9 Å². The zero-order valence-electron chi connectivity index (χ0n) is 30.4. The maximum atomic E-state index is 13.3. The molecule has 1 aromatic carbocycles. The number of nitrogens with zero attached hydrogens (tertiary/aromatic N) is 6. The van der Waals surface area contributed by atoms with Gasteiger partial charge in [-0.2, -0.15) is 9.61 Å². The van der Waals surface area contributed by atoms with Gasteiger partial charge in [0.25, 0.3) is 11.8 Å². The number of fused-ring (bicyclic) bond motifs is 2. The molecule has 4 N–H and O–H groups in total. The van der Waals surface area contributed by atoms with Gasteiger partial charge in [-0.05, 0) is 69.7 Å². The standard InChI is InChI=1S/C38H48N10O5/c1-3-24(4-2)29-22-32(48-31(43-29)13-15-41-48)42-26-10-9-25(21-26)40-23-34(50)46-19-17-45(18-20-46)16-6-14-39-28-8-5-7-27-35(28)38(53)47(37(27)52)30-11-12-33(49)44-36(30)51/h3,5,7-8,13,15,22,25-26,30,39-40,42H,4,6,9-12,14,16-21,23H2,1-2H3,(H,44,49,51)/b24-3+/t25-,26-,30?/m0/s1. The van der Waals surface area contributed by atoms with Crippen LogP contribution in [0.4, 0.5) is 11.5 Å². The number of imide groups is 2. The second kappa shape index (κ2) is 15.8. The molecule has 5 heterocycles. The molecule has 53 heavy (non-hydrogen) atoms. The molecule has 2 saturated heterocycles. The second-order valence-corrected chi connectivity index (χ2v) is 14.2. The lowest BCUT2D eigenvalue weighted by Gasteiger charge is -2.35. The highest BCUT2D eigenvalue weighted by Gasteiger charge is 2.45. The predicted octanol–water partition coefficient (Wildman–Crippen LogP) is 2.51. The molecule has 7 rings (SSSR count). The van der Waals surface area contributed by atoms with E-state index in [1.165, 1.54) is 5.57 Å². The number of hydrogen-bond donors (Lipinski definition) is 4. The third-order valence-electron chi connectivity index (χ3n) is 10.9. The van der Waals surface area contributed by atoms with Crippen molar-refractivity contribution in [3.63, 3.8) is 0 Å². The molecule has 3 aromatic rings. The normalized spacial score (nSPS) is 22.5. The van der Waals surface area contributed by atoms with E-state index in [-0.39, 0.29) is 42.0 Å². The molecule has 4 aliphatic rings. The van der Waals surface area contributed by atoms with Crippen LogP contribution in [0.3, 0.4) is 0 Å². The first-order valence-corrected chi connectivity index (χ1v) is 18.8. The molecular weight excluding hydrogens is 676 g/mol. The zero-order chi connectivity index (χ0) is 37.1. The molecule has 0 bridgehead atoms. The Balaban J connectivity index is 0.822. The summed E-state index contributed by atoms with van der Waals surface area (Å²) in [7, 11) is 0. The van der Waals surface area contributed by atoms with Gasteiger partial charge < -0.3 is 20.9 Å². The lowest BCUT2D eigenvalue weighted by molar-refractivity contribution is -0.136. The van der Waals surface area contributed by atoms with Crippen LogP contribution in [0.25, 0.3) is 11.2 Å². The molecule has 0 radical (unpaired) electrons. The topological polar surface area (TPSA) is 173 Å². The van der Waals surface area contributed by atoms with Crippen LogP contribution in [0.5, 0.6) is 0 Å². The summed E-state index contributed by atoms with van der Waals surface area (Å²) >= 11 is 0. The fraction of sp³-hybridized carbons (Fsp3) is 0.500. The molecule has 1 saturated carbocycles. The Labute approximate surface area is 308 Å². The monoisotopic (exact) mass is 724 g/mol. The van der Waals surface area contributed by atoms with Crippen molar-refractivity contribution in [3.8, 4) is 0 Å². The van der Waals surface area contributed by atoms with E-state index in [1.54, 1.807) is 24.4 Å². The highest BCUT2D eigenvalue weighted by Crippen LogP contribution is 2.32. The van der Waals surface area contributed by atoms with E-state index in [2.05, 4.69) is 50.3 Å². The first-order valence-electron chi connectivity index (χ1n) is 18.8. The van der Waals surface area contributed by atoms with Gasteiger partial charge in [0.1, 0.15) is 11.9 Å². The predicted molar refractivity (Wildman–Crippen MR) is 199 cm³/mol. The number of benzene rings is 1. The van der Waals surface area contributed by atoms with Crippen molar-refractivity contribution in [2.24, 2.45) is 0 Å². The molecule has 0 spiro atoms. The lowest BCUT2D eigenvalue weighted by Crippen LogP contribution is -2.54. The molecule has 15 nitrogen and oxygen atoms in total. The van der Waals surface area contributed by atoms with Crippen LogP contribution < -0.4 is 21.3 Å². The van der Waals surface area contributed by atoms with Gasteiger partial charge in [-0.3, -0.25) is 39.1 Å². The molecule has 15 heteroatoms. The minimum atomic E-state index is -0.994. The molecule has 1 unspecified atom stereocenters. The van der Waals surface area contributed by atoms with Crippen LogP contribution in [-0.4, -0.2) is 123 Å². The van der Waals surface area contributed by atoms with Crippen molar-refractivity contribution >= 4 is 52.3 Å². The Morgan fingerprint density at radius 3 is 2.60 bits per heavy atom. The molecule has 2 aromatic heterocycles. The van der Waals surface area contributed by atoms with E-state index in [0.717, 1.165) is 73.8 Å². The van der Waals surface area contributed by atoms with Crippen LogP contribution in [0.2, 0.25) is 0 Å². The molecule has 5 amide bonds. The quantitative estimate of drug-likeness (QED) is 0.151. The third kappa shape index (κ3) is 7.67. The number of piperazine rings is 1. The summed E-state index contributed by atoms with van der Waals surface area (Å²) in [6.45, 7) is 8.85. The van der Waals surface area contributed by atoms with Crippen LogP contribution >= 0.6 is 0 Å². The lowest BCUT2D eigenvalue weighted by atomic mass is 10.0. The summed E-state index contributed by atoms with van der Waals surface area (Å²) in [5.41, 5.74) is 4.07. The number of carbonyl (C=O) groups excluding carboxylic acids is 5. The van der Waals surface area contributed by atoms with Crippen molar-refractivity contribution in [2.45, 2.75) is 76.9 Å². The summed E-state index contributed by atoms with van der Waals surface area (Å²) in [6.07, 6.45) is 8.72. The Morgan fingerprint density at radius 1 is 1.02 bits per heavy atom. The smallest absolute Gasteiger partial charge is 0.264 e. The van der Waals surface area contributed by atoms with E-state index < -0.39 is 29.7 Å². The van der Waals surface area contributed by atoms with Gasteiger partial charge in [0.2, 0.25) is 17.7 Å². The highest BCUT2D eigenvalue weighted by atomic mass is 16.2. The largest absolute Gasteiger partial charge is 0.384 e. The van der Waals surface area contributed by atoms with Crippen LogP contribution in [0.15, 0.2) is 42.6 Å². The van der Waals surface area contributed by atoms with Gasteiger partial charge in [-0.15, -0.1) is 0 Å². The molecule has 3 aliphatic heterocycles. The molecule has 3 atom stereocenters. The fourth-order valence-corrected chi connectivity index (χ4v) is 7.97. The Morgan fingerprint density at radius 2 is 1.83 bits per heavy atom. The summed E-state index contributed by atoms with van der Waals surface area (Å²) in [4.78, 5) is 73.6. The maximum absolute atomic E-state index is 13.3. The van der Waals surface area contributed by atoms with Crippen molar-refractivity contribution < 1.29 is 24.0 Å².